The molecule has 0 amide bonds. The highest BCUT2D eigenvalue weighted by molar-refractivity contribution is 5.66. The summed E-state index contributed by atoms with van der Waals surface area (Å²) < 4.78 is 0. The van der Waals surface area contributed by atoms with Crippen LogP contribution in [0, 0.1) is 11.8 Å². The number of pyridine rings is 1. The van der Waals surface area contributed by atoms with Crippen LogP contribution in [0.4, 0.5) is 0 Å². The van der Waals surface area contributed by atoms with Gasteiger partial charge in [0.1, 0.15) is 0 Å². The van der Waals surface area contributed by atoms with E-state index >= 15 is 0 Å². The highest BCUT2D eigenvalue weighted by Crippen LogP contribution is 2.35. The summed E-state index contributed by atoms with van der Waals surface area (Å²) in [5.74, 6) is 1.64. The minimum absolute atomic E-state index is 0.758. The molecule has 3 rings (SSSR count). The second kappa shape index (κ2) is 3.78. The first-order chi connectivity index (χ1) is 7.43. The number of aromatic nitrogens is 1. The standard InChI is InChI=1S/C13H16N2/c1-2-11(7-14-5-1)10-3-4-12-8-15-9-13(12)6-10/h1-2,5-7,12-13,15H,3-4,8-9H2/t12-,13+/m0/s1. The summed E-state index contributed by atoms with van der Waals surface area (Å²) in [5, 5.41) is 3.48. The summed E-state index contributed by atoms with van der Waals surface area (Å²) in [6.45, 7) is 2.37. The van der Waals surface area contributed by atoms with Gasteiger partial charge < -0.3 is 5.32 Å². The van der Waals surface area contributed by atoms with Crippen molar-refractivity contribution in [2.75, 3.05) is 13.1 Å². The average Bonchev–Trinajstić information content (AvgIpc) is 2.77. The van der Waals surface area contributed by atoms with Crippen molar-refractivity contribution in [3.63, 3.8) is 0 Å². The van der Waals surface area contributed by atoms with Crippen LogP contribution in [0.3, 0.4) is 0 Å². The van der Waals surface area contributed by atoms with Gasteiger partial charge in [-0.2, -0.15) is 0 Å². The number of nitrogens with one attached hydrogen (secondary N) is 1. The molecular weight excluding hydrogens is 184 g/mol. The van der Waals surface area contributed by atoms with Crippen LogP contribution in [0.25, 0.3) is 5.57 Å². The molecule has 1 N–H and O–H groups in total. The van der Waals surface area contributed by atoms with Crippen molar-refractivity contribution in [3.05, 3.63) is 36.2 Å². The molecule has 1 fully saturated rings. The molecule has 2 nitrogen and oxygen atoms in total. The molecule has 2 heteroatoms. The minimum Gasteiger partial charge on any atom is -0.316 e. The van der Waals surface area contributed by atoms with Crippen LogP contribution in [0.2, 0.25) is 0 Å². The van der Waals surface area contributed by atoms with E-state index in [9.17, 15) is 0 Å². The third-order valence-electron chi connectivity index (χ3n) is 3.62. The van der Waals surface area contributed by atoms with Crippen molar-refractivity contribution in [1.82, 2.24) is 10.3 Å². The first-order valence-electron chi connectivity index (χ1n) is 5.75. The third kappa shape index (κ3) is 1.70. The summed E-state index contributed by atoms with van der Waals surface area (Å²) in [6, 6.07) is 4.19. The van der Waals surface area contributed by atoms with Gasteiger partial charge in [-0.1, -0.05) is 12.1 Å². The second-order valence-corrected chi connectivity index (χ2v) is 4.55. The van der Waals surface area contributed by atoms with Crippen molar-refractivity contribution < 1.29 is 0 Å². The van der Waals surface area contributed by atoms with Gasteiger partial charge in [0, 0.05) is 18.9 Å². The van der Waals surface area contributed by atoms with Gasteiger partial charge in [0.15, 0.2) is 0 Å². The molecule has 0 saturated carbocycles. The average molecular weight is 200 g/mol. The Hall–Kier alpha value is -1.15. The lowest BCUT2D eigenvalue weighted by Crippen LogP contribution is -2.15. The van der Waals surface area contributed by atoms with Crippen molar-refractivity contribution in [2.24, 2.45) is 11.8 Å². The number of nitrogens with zero attached hydrogens (tertiary/aromatic N) is 1. The fraction of sp³-hybridized carbons (Fsp3) is 0.462. The molecule has 1 aromatic rings. The van der Waals surface area contributed by atoms with E-state index in [1.165, 1.54) is 30.5 Å². The summed E-state index contributed by atoms with van der Waals surface area (Å²) >= 11 is 0. The van der Waals surface area contributed by atoms with Gasteiger partial charge in [0.2, 0.25) is 0 Å². The highest BCUT2D eigenvalue weighted by atomic mass is 14.9. The zero-order valence-corrected chi connectivity index (χ0v) is 8.82. The van der Waals surface area contributed by atoms with E-state index in [-0.39, 0.29) is 0 Å². The second-order valence-electron chi connectivity index (χ2n) is 4.55. The fourth-order valence-electron chi connectivity index (χ4n) is 2.74. The van der Waals surface area contributed by atoms with E-state index in [2.05, 4.69) is 22.4 Å². The molecule has 1 aliphatic heterocycles. The van der Waals surface area contributed by atoms with Crippen molar-refractivity contribution >= 4 is 5.57 Å². The Kier molecular flexibility index (Phi) is 2.29. The molecule has 1 saturated heterocycles. The molecule has 0 bridgehead atoms. The normalized spacial score (nSPS) is 29.7. The molecular formula is C13H16N2. The zero-order valence-electron chi connectivity index (χ0n) is 8.82. The molecule has 2 atom stereocenters. The van der Waals surface area contributed by atoms with E-state index < -0.39 is 0 Å². The highest BCUT2D eigenvalue weighted by Gasteiger charge is 2.28. The maximum absolute atomic E-state index is 4.19. The van der Waals surface area contributed by atoms with Crippen LogP contribution >= 0.6 is 0 Å². The monoisotopic (exact) mass is 200 g/mol. The summed E-state index contributed by atoms with van der Waals surface area (Å²) in [7, 11) is 0. The van der Waals surface area contributed by atoms with Crippen LogP contribution < -0.4 is 5.32 Å². The van der Waals surface area contributed by atoms with Crippen molar-refractivity contribution in [2.45, 2.75) is 12.8 Å². The summed E-state index contributed by atoms with van der Waals surface area (Å²) in [5.41, 5.74) is 2.80. The van der Waals surface area contributed by atoms with E-state index in [0.29, 0.717) is 0 Å². The van der Waals surface area contributed by atoms with Crippen LogP contribution in [-0.2, 0) is 0 Å². The molecule has 0 spiro atoms. The predicted molar refractivity (Wildman–Crippen MR) is 61.3 cm³/mol. The Morgan fingerprint density at radius 2 is 2.33 bits per heavy atom. The maximum atomic E-state index is 4.19. The molecule has 0 aromatic carbocycles. The Bertz CT molecular complexity index is 369. The lowest BCUT2D eigenvalue weighted by atomic mass is 9.81. The van der Waals surface area contributed by atoms with Crippen molar-refractivity contribution in [3.8, 4) is 0 Å². The van der Waals surface area contributed by atoms with Gasteiger partial charge in [-0.15, -0.1) is 0 Å². The lowest BCUT2D eigenvalue weighted by Gasteiger charge is -2.23. The molecule has 78 valence electrons. The Labute approximate surface area is 90.4 Å². The summed E-state index contributed by atoms with van der Waals surface area (Å²) in [6.07, 6.45) is 8.83. The largest absolute Gasteiger partial charge is 0.316 e. The number of fused-ring (bicyclic) bond motifs is 1. The quantitative estimate of drug-likeness (QED) is 0.751. The minimum atomic E-state index is 0.758. The van der Waals surface area contributed by atoms with Crippen LogP contribution in [0.15, 0.2) is 30.6 Å². The van der Waals surface area contributed by atoms with Gasteiger partial charge in [-0.3, -0.25) is 4.98 Å². The van der Waals surface area contributed by atoms with E-state index in [1.807, 2.05) is 18.5 Å². The topological polar surface area (TPSA) is 24.9 Å². The number of hydrogen-bond acceptors (Lipinski definition) is 2. The smallest absolute Gasteiger partial charge is 0.0342 e. The Morgan fingerprint density at radius 1 is 1.33 bits per heavy atom. The van der Waals surface area contributed by atoms with Gasteiger partial charge in [0.05, 0.1) is 0 Å². The van der Waals surface area contributed by atoms with Crippen LogP contribution in [-0.4, -0.2) is 18.1 Å². The van der Waals surface area contributed by atoms with Gasteiger partial charge in [0.25, 0.3) is 0 Å². The van der Waals surface area contributed by atoms with E-state index in [1.54, 1.807) is 0 Å². The van der Waals surface area contributed by atoms with Crippen LogP contribution in [0.5, 0.6) is 0 Å². The first kappa shape index (κ1) is 9.10. The molecule has 15 heavy (non-hydrogen) atoms. The first-order valence-corrected chi connectivity index (χ1v) is 5.75. The molecule has 0 radical (unpaired) electrons. The maximum Gasteiger partial charge on any atom is 0.0342 e. The summed E-state index contributed by atoms with van der Waals surface area (Å²) in [4.78, 5) is 4.19. The molecule has 2 aliphatic rings. The Morgan fingerprint density at radius 3 is 3.20 bits per heavy atom. The zero-order chi connectivity index (χ0) is 10.1. The van der Waals surface area contributed by atoms with Crippen molar-refractivity contribution in [1.29, 1.82) is 0 Å². The molecule has 0 unspecified atom stereocenters. The number of hydrogen-bond donors (Lipinski definition) is 1. The lowest BCUT2D eigenvalue weighted by molar-refractivity contribution is 0.448. The van der Waals surface area contributed by atoms with E-state index in [0.717, 1.165) is 18.4 Å². The van der Waals surface area contributed by atoms with Crippen LogP contribution in [0.1, 0.15) is 18.4 Å². The van der Waals surface area contributed by atoms with Gasteiger partial charge in [-0.05, 0) is 48.4 Å². The van der Waals surface area contributed by atoms with Gasteiger partial charge >= 0.3 is 0 Å². The number of allylic oxidation sites excluding steroid dienone is 1. The number of rotatable bonds is 1. The molecule has 1 aromatic heterocycles. The fourth-order valence-corrected chi connectivity index (χ4v) is 2.74. The molecule has 2 heterocycles. The molecule has 1 aliphatic carbocycles. The Balaban J connectivity index is 1.88. The van der Waals surface area contributed by atoms with Gasteiger partial charge in [-0.25, -0.2) is 0 Å². The SMILES string of the molecule is C1=C(c2cccnc2)CC[C@H]2CNC[C@@H]12. The predicted octanol–water partition coefficient (Wildman–Crippen LogP) is 2.09. The third-order valence-corrected chi connectivity index (χ3v) is 3.62. The van der Waals surface area contributed by atoms with E-state index in [4.69, 9.17) is 0 Å².